The zero-order valence-electron chi connectivity index (χ0n) is 28.7. The third kappa shape index (κ3) is 5.46. The number of nitrogens with zero attached hydrogens (tertiary/aromatic N) is 2. The van der Waals surface area contributed by atoms with Gasteiger partial charge in [0.25, 0.3) is 0 Å². The maximum Gasteiger partial charge on any atom is 0.704 e. The molecular weight excluding hydrogens is 560 g/mol. The number of hydrogen-bond acceptors (Lipinski definition) is 4. The molecular formula is C39H52N2O4+2. The average molecular weight is 613 g/mol. The van der Waals surface area contributed by atoms with Crippen LogP contribution in [0.1, 0.15) is 163 Å². The number of carbonyl (C=O) groups excluding carboxylic acids is 2. The van der Waals surface area contributed by atoms with E-state index in [2.05, 4.69) is 89.1 Å². The highest BCUT2D eigenvalue weighted by atomic mass is 16.7. The van der Waals surface area contributed by atoms with Crippen LogP contribution in [0.5, 0.6) is 11.5 Å². The van der Waals surface area contributed by atoms with Gasteiger partial charge in [-0.3, -0.25) is 9.59 Å². The Bertz CT molecular complexity index is 1480. The van der Waals surface area contributed by atoms with Gasteiger partial charge < -0.3 is 9.47 Å². The van der Waals surface area contributed by atoms with Gasteiger partial charge in [0.05, 0.1) is 22.3 Å². The van der Waals surface area contributed by atoms with Gasteiger partial charge in [0.2, 0.25) is 12.1 Å². The lowest BCUT2D eigenvalue weighted by Gasteiger charge is -2.31. The van der Waals surface area contributed by atoms with Crippen molar-refractivity contribution in [2.45, 2.75) is 149 Å². The van der Waals surface area contributed by atoms with Crippen molar-refractivity contribution >= 4 is 24.0 Å². The van der Waals surface area contributed by atoms with Crippen LogP contribution < -0.4 is 9.47 Å². The number of hydrogen-bond donors (Lipinski definition) is 0. The van der Waals surface area contributed by atoms with Gasteiger partial charge in [-0.25, -0.2) is 0 Å². The lowest BCUT2D eigenvalue weighted by atomic mass is 9.83. The van der Waals surface area contributed by atoms with E-state index in [9.17, 15) is 9.59 Å². The fraction of sp³-hybridized carbons (Fsp3) is 0.590. The molecule has 3 heterocycles. The highest BCUT2D eigenvalue weighted by Gasteiger charge is 2.76. The zero-order valence-corrected chi connectivity index (χ0v) is 28.7. The quantitative estimate of drug-likeness (QED) is 0.222. The monoisotopic (exact) mass is 612 g/mol. The number of ketones is 2. The van der Waals surface area contributed by atoms with Crippen molar-refractivity contribution in [3.05, 3.63) is 57.6 Å². The Morgan fingerprint density at radius 3 is 1.47 bits per heavy atom. The maximum atomic E-state index is 13.8. The number of fused-ring (bicyclic) bond motifs is 5. The zero-order chi connectivity index (χ0) is 32.3. The molecule has 2 aromatic rings. The molecule has 6 rings (SSSR count). The van der Waals surface area contributed by atoms with Crippen molar-refractivity contribution in [3.8, 4) is 11.5 Å². The van der Waals surface area contributed by atoms with Gasteiger partial charge in [0, 0.05) is 25.7 Å². The smallest absolute Gasteiger partial charge is 0.340 e. The molecule has 2 atom stereocenters. The predicted molar refractivity (Wildman–Crippen MR) is 179 cm³/mol. The third-order valence-corrected chi connectivity index (χ3v) is 10.2. The number of ether oxygens (including phenoxy) is 2. The second kappa shape index (κ2) is 11.5. The van der Waals surface area contributed by atoms with Crippen LogP contribution in [0.4, 0.5) is 0 Å². The molecule has 4 aliphatic rings. The van der Waals surface area contributed by atoms with Crippen LogP contribution in [-0.2, 0) is 10.8 Å². The topological polar surface area (TPSA) is 58.6 Å². The van der Waals surface area contributed by atoms with Gasteiger partial charge in [-0.1, -0.05) is 77.4 Å². The molecule has 0 N–H and O–H groups in total. The molecule has 0 bridgehead atoms. The molecule has 0 amide bonds. The molecule has 1 saturated carbocycles. The minimum Gasteiger partial charge on any atom is -0.340 e. The normalized spacial score (nSPS) is 23.3. The maximum absolute atomic E-state index is 13.8. The van der Waals surface area contributed by atoms with Crippen molar-refractivity contribution in [1.82, 2.24) is 0 Å². The molecule has 6 heteroatoms. The minimum atomic E-state index is -1.30. The second-order valence-electron chi connectivity index (χ2n) is 15.7. The first kappa shape index (κ1) is 31.7. The van der Waals surface area contributed by atoms with Crippen molar-refractivity contribution in [3.63, 3.8) is 0 Å². The molecule has 6 nitrogen and oxygen atoms in total. The van der Waals surface area contributed by atoms with E-state index in [0.29, 0.717) is 35.5 Å². The Labute approximate surface area is 269 Å². The first-order valence-corrected chi connectivity index (χ1v) is 17.4. The fourth-order valence-corrected chi connectivity index (χ4v) is 7.39. The Morgan fingerprint density at radius 1 is 0.711 bits per heavy atom. The average Bonchev–Trinajstić information content (AvgIpc) is 3.26. The van der Waals surface area contributed by atoms with Gasteiger partial charge in [-0.05, 0) is 71.9 Å². The van der Waals surface area contributed by atoms with Crippen LogP contribution in [0.15, 0.2) is 24.3 Å². The first-order chi connectivity index (χ1) is 21.3. The van der Waals surface area contributed by atoms with Gasteiger partial charge in [-0.2, -0.15) is 0 Å². The van der Waals surface area contributed by atoms with Crippen molar-refractivity contribution < 1.29 is 28.2 Å². The molecule has 1 aliphatic carbocycles. The highest BCUT2D eigenvalue weighted by Crippen LogP contribution is 2.47. The van der Waals surface area contributed by atoms with Crippen LogP contribution in [-0.4, -0.2) is 51.3 Å². The van der Waals surface area contributed by atoms with Crippen LogP contribution in [0.2, 0.25) is 0 Å². The van der Waals surface area contributed by atoms with Gasteiger partial charge in [-0.15, -0.1) is 0 Å². The second-order valence-corrected chi connectivity index (χ2v) is 15.7. The molecule has 2 unspecified atom stereocenters. The molecule has 0 aromatic heterocycles. The van der Waals surface area contributed by atoms with E-state index in [-0.39, 0.29) is 34.5 Å². The molecule has 45 heavy (non-hydrogen) atoms. The van der Waals surface area contributed by atoms with E-state index in [1.54, 1.807) is 0 Å². The molecule has 1 saturated heterocycles. The number of benzene rings is 2. The summed E-state index contributed by atoms with van der Waals surface area (Å²) in [6, 6.07) is 7.54. The lowest BCUT2D eigenvalue weighted by Crippen LogP contribution is -2.60. The van der Waals surface area contributed by atoms with Crippen LogP contribution >= 0.6 is 0 Å². The number of rotatable bonds is 8. The summed E-state index contributed by atoms with van der Waals surface area (Å²) in [7, 11) is 0. The summed E-state index contributed by atoms with van der Waals surface area (Å²) in [5.74, 6) is 1.38. The standard InChI is InChI=1S/C39H52N2O4/c1-9-11-17-33(42)29-21-27(37(3,4)5)19-25-23-40-31-15-13-14-16-32(31)41-24-26-20-28(38(6,7)8)22-30(34(43)18-12-10-2)36(26)45-39(40,41)44-35(25)29/h19-24,31-32H,9-18H2,1-8H3/q+2. The predicted octanol–water partition coefficient (Wildman–Crippen LogP) is 8.31. The number of Topliss-reactive ketones (excluding diaryl/α,β-unsaturated/α-hetero) is 2. The van der Waals surface area contributed by atoms with E-state index in [1.165, 1.54) is 0 Å². The summed E-state index contributed by atoms with van der Waals surface area (Å²) >= 11 is 0. The van der Waals surface area contributed by atoms with Gasteiger partial charge >= 0.3 is 6.03 Å². The Balaban J connectivity index is 1.57. The van der Waals surface area contributed by atoms with E-state index < -0.39 is 6.03 Å². The largest absolute Gasteiger partial charge is 0.704 e. The van der Waals surface area contributed by atoms with Crippen LogP contribution in [0, 0.1) is 0 Å². The van der Waals surface area contributed by atoms with Crippen LogP contribution in [0.3, 0.4) is 0 Å². The van der Waals surface area contributed by atoms with Crippen LogP contribution in [0.25, 0.3) is 0 Å². The van der Waals surface area contributed by atoms with Gasteiger partial charge in [0.15, 0.2) is 35.5 Å². The minimum absolute atomic E-state index is 0.102. The highest BCUT2D eigenvalue weighted by molar-refractivity contribution is 6.03. The molecule has 2 aromatic carbocycles. The number of unbranched alkanes of at least 4 members (excludes halogenated alkanes) is 2. The molecule has 240 valence electrons. The third-order valence-electron chi connectivity index (χ3n) is 10.2. The molecule has 3 aliphatic heterocycles. The molecule has 2 fully saturated rings. The summed E-state index contributed by atoms with van der Waals surface area (Å²) < 4.78 is 18.8. The lowest BCUT2D eigenvalue weighted by molar-refractivity contribution is -0.866. The van der Waals surface area contributed by atoms with Crippen molar-refractivity contribution in [2.24, 2.45) is 0 Å². The first-order valence-electron chi connectivity index (χ1n) is 17.4. The van der Waals surface area contributed by atoms with E-state index in [1.807, 2.05) is 12.1 Å². The summed E-state index contributed by atoms with van der Waals surface area (Å²) in [5.41, 5.74) is 5.09. The summed E-state index contributed by atoms with van der Waals surface area (Å²) in [6.07, 6.45) is 13.3. The Hall–Kier alpha value is -3.28. The summed E-state index contributed by atoms with van der Waals surface area (Å²) in [4.78, 5) is 27.6. The molecule has 0 radical (unpaired) electrons. The van der Waals surface area contributed by atoms with Gasteiger partial charge in [0.1, 0.15) is 0 Å². The van der Waals surface area contributed by atoms with Crippen molar-refractivity contribution in [2.75, 3.05) is 0 Å². The summed E-state index contributed by atoms with van der Waals surface area (Å²) in [5, 5.41) is 0. The number of carbonyl (C=O) groups is 2. The van der Waals surface area contributed by atoms with E-state index in [0.717, 1.165) is 73.6 Å². The SMILES string of the molecule is CCCCC(=O)c1cc(C(C)(C)C)cc2c1OC13Oc4c(cc(C(C)(C)C)cc4C(=O)CCCC)C=[N+]1C1CCCCC1[N+]3=C2. The fourth-order valence-electron chi connectivity index (χ4n) is 7.39. The van der Waals surface area contributed by atoms with E-state index >= 15 is 0 Å². The van der Waals surface area contributed by atoms with Crippen molar-refractivity contribution in [1.29, 1.82) is 0 Å². The Kier molecular flexibility index (Phi) is 8.10. The molecule has 1 spiro atoms. The summed E-state index contributed by atoms with van der Waals surface area (Å²) in [6.45, 7) is 17.4. The van der Waals surface area contributed by atoms with E-state index in [4.69, 9.17) is 9.47 Å². The Morgan fingerprint density at radius 2 is 1.11 bits per heavy atom.